The number of anilines is 1. The number of nitrogens with two attached hydrogens (primary N) is 1. The lowest BCUT2D eigenvalue weighted by atomic mass is 9.93. The summed E-state index contributed by atoms with van der Waals surface area (Å²) in [6.07, 6.45) is 3.13. The molecule has 5 heteroatoms. The molecular weight excluding hydrogens is 264 g/mol. The second-order valence-corrected chi connectivity index (χ2v) is 5.34. The Bertz CT molecular complexity index is 482. The second-order valence-electron chi connectivity index (χ2n) is 4.93. The summed E-state index contributed by atoms with van der Waals surface area (Å²) in [6, 6.07) is 5.32. The first-order chi connectivity index (χ1) is 9.10. The molecule has 1 heterocycles. The molecule has 1 saturated heterocycles. The molecule has 19 heavy (non-hydrogen) atoms. The van der Waals surface area contributed by atoms with Crippen molar-refractivity contribution in [3.05, 3.63) is 28.8 Å². The Morgan fingerprint density at radius 2 is 2.11 bits per heavy atom. The zero-order chi connectivity index (χ0) is 13.8. The van der Waals surface area contributed by atoms with E-state index in [0.717, 1.165) is 37.9 Å². The zero-order valence-electron chi connectivity index (χ0n) is 10.6. The van der Waals surface area contributed by atoms with Gasteiger partial charge < -0.3 is 10.6 Å². The van der Waals surface area contributed by atoms with Crippen LogP contribution in [0.2, 0.25) is 5.02 Å². The molecule has 0 unspecified atom stereocenters. The third kappa shape index (κ3) is 3.47. The van der Waals surface area contributed by atoms with E-state index in [1.54, 1.807) is 12.1 Å². The molecule has 1 amide bonds. The van der Waals surface area contributed by atoms with Crippen LogP contribution in [-0.4, -0.2) is 25.3 Å². The average Bonchev–Trinajstić information content (AvgIpc) is 2.39. The lowest BCUT2D eigenvalue weighted by Gasteiger charge is -2.33. The third-order valence-electron chi connectivity index (χ3n) is 3.55. The molecule has 0 aliphatic carbocycles. The van der Waals surface area contributed by atoms with Crippen LogP contribution in [0.5, 0.6) is 0 Å². The zero-order valence-corrected chi connectivity index (χ0v) is 11.4. The minimum Gasteiger partial charge on any atom is -0.370 e. The number of aldehydes is 1. The average molecular weight is 281 g/mol. The van der Waals surface area contributed by atoms with E-state index in [1.165, 1.54) is 0 Å². The van der Waals surface area contributed by atoms with Crippen LogP contribution >= 0.6 is 11.6 Å². The number of piperidine rings is 1. The first-order valence-corrected chi connectivity index (χ1v) is 6.76. The van der Waals surface area contributed by atoms with E-state index in [1.807, 2.05) is 6.07 Å². The first-order valence-electron chi connectivity index (χ1n) is 6.38. The number of primary amides is 1. The van der Waals surface area contributed by atoms with Crippen LogP contribution in [-0.2, 0) is 4.79 Å². The van der Waals surface area contributed by atoms with Gasteiger partial charge in [0.05, 0.1) is 10.7 Å². The van der Waals surface area contributed by atoms with Crippen LogP contribution in [0.15, 0.2) is 18.2 Å². The molecule has 0 saturated carbocycles. The highest BCUT2D eigenvalue weighted by Crippen LogP contribution is 2.30. The summed E-state index contributed by atoms with van der Waals surface area (Å²) in [4.78, 5) is 23.8. The number of hydrogen-bond acceptors (Lipinski definition) is 3. The van der Waals surface area contributed by atoms with Crippen molar-refractivity contribution in [2.45, 2.75) is 19.3 Å². The normalized spacial score (nSPS) is 16.4. The molecule has 1 aromatic rings. The predicted molar refractivity (Wildman–Crippen MR) is 75.6 cm³/mol. The number of carbonyl (C=O) groups excluding carboxylic acids is 2. The largest absolute Gasteiger partial charge is 0.370 e. The van der Waals surface area contributed by atoms with Crippen molar-refractivity contribution in [1.82, 2.24) is 0 Å². The lowest BCUT2D eigenvalue weighted by Crippen LogP contribution is -2.35. The topological polar surface area (TPSA) is 63.4 Å². The quantitative estimate of drug-likeness (QED) is 0.861. The van der Waals surface area contributed by atoms with E-state index in [4.69, 9.17) is 17.3 Å². The van der Waals surface area contributed by atoms with E-state index in [0.29, 0.717) is 22.9 Å². The molecule has 0 radical (unpaired) electrons. The molecule has 102 valence electrons. The number of benzene rings is 1. The molecule has 0 aromatic heterocycles. The van der Waals surface area contributed by atoms with Crippen LogP contribution in [0.1, 0.15) is 29.6 Å². The van der Waals surface area contributed by atoms with Crippen molar-refractivity contribution in [1.29, 1.82) is 0 Å². The maximum Gasteiger partial charge on any atom is 0.217 e. The SMILES string of the molecule is NC(=O)CC1CCN(c2ccc(C=O)cc2Cl)CC1. The molecular formula is C14H17ClN2O2. The fraction of sp³-hybridized carbons (Fsp3) is 0.429. The van der Waals surface area contributed by atoms with Gasteiger partial charge in [0, 0.05) is 25.1 Å². The molecule has 2 N–H and O–H groups in total. The highest BCUT2D eigenvalue weighted by atomic mass is 35.5. The van der Waals surface area contributed by atoms with Crippen LogP contribution in [0, 0.1) is 5.92 Å². The van der Waals surface area contributed by atoms with Crippen molar-refractivity contribution in [2.24, 2.45) is 11.7 Å². The Hall–Kier alpha value is -1.55. The molecule has 0 spiro atoms. The van der Waals surface area contributed by atoms with Crippen LogP contribution in [0.4, 0.5) is 5.69 Å². The van der Waals surface area contributed by atoms with Gasteiger partial charge in [0.15, 0.2) is 0 Å². The van der Waals surface area contributed by atoms with E-state index in [9.17, 15) is 9.59 Å². The first kappa shape index (κ1) is 13.9. The summed E-state index contributed by atoms with van der Waals surface area (Å²) in [5, 5.41) is 0.595. The van der Waals surface area contributed by atoms with Gasteiger partial charge in [0.2, 0.25) is 5.91 Å². The van der Waals surface area contributed by atoms with Crippen molar-refractivity contribution < 1.29 is 9.59 Å². The standard InChI is InChI=1S/C14H17ClN2O2/c15-12-7-11(9-18)1-2-13(12)17-5-3-10(4-6-17)8-14(16)19/h1-2,7,9-10H,3-6,8H2,(H2,16,19). The van der Waals surface area contributed by atoms with Gasteiger partial charge in [0.1, 0.15) is 6.29 Å². The van der Waals surface area contributed by atoms with Gasteiger partial charge in [-0.15, -0.1) is 0 Å². The monoisotopic (exact) mass is 280 g/mol. The van der Waals surface area contributed by atoms with Gasteiger partial charge in [-0.3, -0.25) is 9.59 Å². The van der Waals surface area contributed by atoms with Crippen LogP contribution in [0.3, 0.4) is 0 Å². The Morgan fingerprint density at radius 3 is 2.63 bits per heavy atom. The summed E-state index contributed by atoms with van der Waals surface area (Å²) in [6.45, 7) is 1.72. The summed E-state index contributed by atoms with van der Waals surface area (Å²) in [7, 11) is 0. The van der Waals surface area contributed by atoms with Crippen molar-refractivity contribution in [3.63, 3.8) is 0 Å². The number of hydrogen-bond donors (Lipinski definition) is 1. The summed E-state index contributed by atoms with van der Waals surface area (Å²) in [5.41, 5.74) is 6.75. The number of rotatable bonds is 4. The second kappa shape index (κ2) is 6.06. The predicted octanol–water partition coefficient (Wildman–Crippen LogP) is 2.24. The molecule has 1 aliphatic heterocycles. The molecule has 4 nitrogen and oxygen atoms in total. The van der Waals surface area contributed by atoms with E-state index in [-0.39, 0.29) is 5.91 Å². The van der Waals surface area contributed by atoms with Gasteiger partial charge in [-0.25, -0.2) is 0 Å². The smallest absolute Gasteiger partial charge is 0.217 e. The van der Waals surface area contributed by atoms with Gasteiger partial charge in [-0.05, 0) is 37.0 Å². The maximum atomic E-state index is 10.9. The molecule has 1 aromatic carbocycles. The number of carbonyl (C=O) groups is 2. The van der Waals surface area contributed by atoms with Gasteiger partial charge in [-0.1, -0.05) is 11.6 Å². The molecule has 0 atom stereocenters. The fourth-order valence-corrected chi connectivity index (χ4v) is 2.82. The Labute approximate surface area is 117 Å². The highest BCUT2D eigenvalue weighted by Gasteiger charge is 2.22. The van der Waals surface area contributed by atoms with Crippen LogP contribution < -0.4 is 10.6 Å². The maximum absolute atomic E-state index is 10.9. The number of amides is 1. The highest BCUT2D eigenvalue weighted by molar-refractivity contribution is 6.33. The van der Waals surface area contributed by atoms with E-state index >= 15 is 0 Å². The van der Waals surface area contributed by atoms with Crippen molar-refractivity contribution in [3.8, 4) is 0 Å². The minimum atomic E-state index is -0.230. The molecule has 2 rings (SSSR count). The summed E-state index contributed by atoms with van der Waals surface area (Å²) in [5.74, 6) is 0.147. The number of halogens is 1. The van der Waals surface area contributed by atoms with E-state index in [2.05, 4.69) is 4.90 Å². The van der Waals surface area contributed by atoms with Gasteiger partial charge in [0.25, 0.3) is 0 Å². The Balaban J connectivity index is 2.01. The van der Waals surface area contributed by atoms with Crippen LogP contribution in [0.25, 0.3) is 0 Å². The van der Waals surface area contributed by atoms with Gasteiger partial charge >= 0.3 is 0 Å². The molecule has 0 bridgehead atoms. The Morgan fingerprint density at radius 1 is 1.42 bits per heavy atom. The van der Waals surface area contributed by atoms with Gasteiger partial charge in [-0.2, -0.15) is 0 Å². The lowest BCUT2D eigenvalue weighted by molar-refractivity contribution is -0.119. The minimum absolute atomic E-state index is 0.230. The summed E-state index contributed by atoms with van der Waals surface area (Å²) < 4.78 is 0. The van der Waals surface area contributed by atoms with Crippen molar-refractivity contribution in [2.75, 3.05) is 18.0 Å². The Kier molecular flexibility index (Phi) is 4.43. The summed E-state index contributed by atoms with van der Waals surface area (Å²) >= 11 is 6.19. The fourth-order valence-electron chi connectivity index (χ4n) is 2.52. The third-order valence-corrected chi connectivity index (χ3v) is 3.86. The molecule has 1 aliphatic rings. The van der Waals surface area contributed by atoms with E-state index < -0.39 is 0 Å². The van der Waals surface area contributed by atoms with Crippen molar-refractivity contribution >= 4 is 29.5 Å². The number of nitrogens with zero attached hydrogens (tertiary/aromatic N) is 1. The molecule has 1 fully saturated rings.